The third-order valence-corrected chi connectivity index (χ3v) is 4.89. The number of aliphatic carboxylic acids is 1. The van der Waals surface area contributed by atoms with E-state index in [-0.39, 0.29) is 11.5 Å². The predicted molar refractivity (Wildman–Crippen MR) is 125 cm³/mol. The molecule has 1 heterocycles. The fourth-order valence-corrected chi connectivity index (χ4v) is 3.25. The van der Waals surface area contributed by atoms with Gasteiger partial charge in [-0.1, -0.05) is 72.8 Å². The van der Waals surface area contributed by atoms with E-state index in [1.807, 2.05) is 60.7 Å². The number of nitrogens with zero attached hydrogens (tertiary/aromatic N) is 2. The average molecular weight is 436 g/mol. The second-order valence-corrected chi connectivity index (χ2v) is 7.27. The van der Waals surface area contributed by atoms with Crippen molar-refractivity contribution >= 4 is 17.6 Å². The molecule has 0 bridgehead atoms. The molecular weight excluding hydrogens is 416 g/mol. The lowest BCUT2D eigenvalue weighted by Crippen LogP contribution is -2.22. The van der Waals surface area contributed by atoms with E-state index >= 15 is 0 Å². The van der Waals surface area contributed by atoms with Crippen molar-refractivity contribution in [3.8, 4) is 34.4 Å². The Morgan fingerprint density at radius 1 is 1.03 bits per heavy atom. The molecule has 0 saturated carbocycles. The molecule has 0 amide bonds. The summed E-state index contributed by atoms with van der Waals surface area (Å²) in [6.45, 7) is 1.45. The van der Waals surface area contributed by atoms with Gasteiger partial charge in [0.15, 0.2) is 11.9 Å². The summed E-state index contributed by atoms with van der Waals surface area (Å²) in [6, 6.07) is 28.2. The number of ether oxygens (including phenoxy) is 1. The van der Waals surface area contributed by atoms with E-state index in [0.717, 1.165) is 11.1 Å². The molecule has 0 radical (unpaired) electrons. The minimum Gasteiger partial charge on any atom is -0.479 e. The van der Waals surface area contributed by atoms with Gasteiger partial charge in [-0.3, -0.25) is 0 Å². The van der Waals surface area contributed by atoms with Crippen LogP contribution in [-0.2, 0) is 4.79 Å². The number of benzene rings is 3. The summed E-state index contributed by atoms with van der Waals surface area (Å²) in [5, 5.41) is 18.9. The van der Waals surface area contributed by atoms with Crippen LogP contribution in [0.5, 0.6) is 5.75 Å². The van der Waals surface area contributed by atoms with Crippen LogP contribution in [0.4, 0.5) is 0 Å². The van der Waals surface area contributed by atoms with Gasteiger partial charge in [-0.05, 0) is 30.7 Å². The van der Waals surface area contributed by atoms with Gasteiger partial charge >= 0.3 is 5.97 Å². The van der Waals surface area contributed by atoms with E-state index in [0.29, 0.717) is 22.8 Å². The summed E-state index contributed by atoms with van der Waals surface area (Å²) in [5.41, 5.74) is 3.26. The molecule has 4 aromatic rings. The number of oxazole rings is 1. The van der Waals surface area contributed by atoms with Crippen LogP contribution >= 0.6 is 0 Å². The second kappa shape index (κ2) is 9.67. The Balaban J connectivity index is 1.75. The molecule has 6 heteroatoms. The molecular formula is C27H20N2O4. The minimum absolute atomic E-state index is 0.195. The first-order valence-electron chi connectivity index (χ1n) is 10.3. The number of hydrogen-bond acceptors (Lipinski definition) is 5. The van der Waals surface area contributed by atoms with Crippen LogP contribution < -0.4 is 4.74 Å². The summed E-state index contributed by atoms with van der Waals surface area (Å²) in [4.78, 5) is 15.7. The highest BCUT2D eigenvalue weighted by atomic mass is 16.5. The van der Waals surface area contributed by atoms with Gasteiger partial charge in [0.25, 0.3) is 0 Å². The lowest BCUT2D eigenvalue weighted by Gasteiger charge is -2.10. The van der Waals surface area contributed by atoms with Crippen LogP contribution in [0.1, 0.15) is 18.4 Å². The van der Waals surface area contributed by atoms with Gasteiger partial charge in [-0.2, -0.15) is 5.26 Å². The van der Waals surface area contributed by atoms with E-state index < -0.39 is 12.1 Å². The number of carboxylic acids is 1. The zero-order valence-corrected chi connectivity index (χ0v) is 17.8. The zero-order valence-electron chi connectivity index (χ0n) is 17.8. The van der Waals surface area contributed by atoms with Gasteiger partial charge in [-0.25, -0.2) is 9.78 Å². The molecule has 0 aliphatic heterocycles. The molecule has 0 spiro atoms. The second-order valence-electron chi connectivity index (χ2n) is 7.27. The molecule has 0 fully saturated rings. The fourth-order valence-electron chi connectivity index (χ4n) is 3.25. The first-order chi connectivity index (χ1) is 16.0. The molecule has 1 aromatic heterocycles. The zero-order chi connectivity index (χ0) is 23.2. The maximum atomic E-state index is 11.1. The monoisotopic (exact) mass is 436 g/mol. The maximum Gasteiger partial charge on any atom is 0.344 e. The van der Waals surface area contributed by atoms with Crippen LogP contribution in [-0.4, -0.2) is 22.2 Å². The van der Waals surface area contributed by atoms with Crippen molar-refractivity contribution in [2.45, 2.75) is 13.0 Å². The lowest BCUT2D eigenvalue weighted by molar-refractivity contribution is -0.144. The topological polar surface area (TPSA) is 96.4 Å². The van der Waals surface area contributed by atoms with Gasteiger partial charge in [-0.15, -0.1) is 0 Å². The van der Waals surface area contributed by atoms with Crippen molar-refractivity contribution < 1.29 is 19.1 Å². The number of carbonyl (C=O) groups is 1. The molecule has 1 N–H and O–H groups in total. The summed E-state index contributed by atoms with van der Waals surface area (Å²) >= 11 is 0. The number of rotatable bonds is 7. The molecule has 1 unspecified atom stereocenters. The number of allylic oxidation sites excluding steroid dienone is 1. The fraction of sp³-hybridized carbons (Fsp3) is 0.0741. The Kier molecular flexibility index (Phi) is 6.33. The first-order valence-corrected chi connectivity index (χ1v) is 10.3. The van der Waals surface area contributed by atoms with E-state index in [2.05, 4.69) is 11.1 Å². The molecule has 4 rings (SSSR count). The smallest absolute Gasteiger partial charge is 0.344 e. The minimum atomic E-state index is -1.06. The Morgan fingerprint density at radius 2 is 1.70 bits per heavy atom. The Bertz CT molecular complexity index is 1280. The Hall–Kier alpha value is -4.63. The predicted octanol–water partition coefficient (Wildman–Crippen LogP) is 5.92. The van der Waals surface area contributed by atoms with E-state index in [1.165, 1.54) is 6.92 Å². The SMILES string of the molecule is CC(Oc1cccc(C=C(C#N)c2nc(-c3ccccc3)c(-c3ccccc3)o2)c1)C(=O)O. The molecule has 33 heavy (non-hydrogen) atoms. The van der Waals surface area contributed by atoms with Crippen LogP contribution in [0.2, 0.25) is 0 Å². The number of hydrogen-bond donors (Lipinski definition) is 1. The largest absolute Gasteiger partial charge is 0.479 e. The summed E-state index contributed by atoms with van der Waals surface area (Å²) < 4.78 is 11.5. The molecule has 1 atom stereocenters. The summed E-state index contributed by atoms with van der Waals surface area (Å²) in [5.74, 6) is 0.0966. The summed E-state index contributed by atoms with van der Waals surface area (Å²) in [7, 11) is 0. The standard InChI is InChI=1S/C27H20N2O4/c1-18(27(30)31)32-23-14-8-9-19(16-23)15-22(17-28)26-29-24(20-10-4-2-5-11-20)25(33-26)21-12-6-3-7-13-21/h2-16,18H,1H3,(H,30,31). The Morgan fingerprint density at radius 3 is 2.33 bits per heavy atom. The van der Waals surface area contributed by atoms with Crippen molar-refractivity contribution in [2.75, 3.05) is 0 Å². The third-order valence-electron chi connectivity index (χ3n) is 4.89. The number of nitriles is 1. The summed E-state index contributed by atoms with van der Waals surface area (Å²) in [6.07, 6.45) is 0.640. The van der Waals surface area contributed by atoms with Crippen LogP contribution in [0, 0.1) is 11.3 Å². The highest BCUT2D eigenvalue weighted by Crippen LogP contribution is 2.35. The van der Waals surface area contributed by atoms with Crippen molar-refractivity contribution in [2.24, 2.45) is 0 Å². The maximum absolute atomic E-state index is 11.1. The van der Waals surface area contributed by atoms with Crippen LogP contribution in [0.3, 0.4) is 0 Å². The Labute approximate surface area is 191 Å². The quantitative estimate of drug-likeness (QED) is 0.361. The average Bonchev–Trinajstić information content (AvgIpc) is 3.29. The van der Waals surface area contributed by atoms with Gasteiger partial charge in [0.05, 0.1) is 0 Å². The highest BCUT2D eigenvalue weighted by molar-refractivity contribution is 5.89. The van der Waals surface area contributed by atoms with Crippen molar-refractivity contribution in [1.29, 1.82) is 5.26 Å². The van der Waals surface area contributed by atoms with Crippen LogP contribution in [0.15, 0.2) is 89.3 Å². The number of carboxylic acid groups (broad SMARTS) is 1. The molecule has 0 aliphatic carbocycles. The number of aromatic nitrogens is 1. The molecule has 0 saturated heterocycles. The van der Waals surface area contributed by atoms with Crippen LogP contribution in [0.25, 0.3) is 34.2 Å². The van der Waals surface area contributed by atoms with E-state index in [9.17, 15) is 10.1 Å². The van der Waals surface area contributed by atoms with Gasteiger partial charge < -0.3 is 14.3 Å². The lowest BCUT2D eigenvalue weighted by atomic mass is 10.1. The highest BCUT2D eigenvalue weighted by Gasteiger charge is 2.19. The third kappa shape index (κ3) is 5.00. The molecule has 3 aromatic carbocycles. The van der Waals surface area contributed by atoms with Crippen molar-refractivity contribution in [3.63, 3.8) is 0 Å². The van der Waals surface area contributed by atoms with Crippen molar-refractivity contribution in [3.05, 3.63) is 96.4 Å². The van der Waals surface area contributed by atoms with Gasteiger partial charge in [0.2, 0.25) is 5.89 Å². The van der Waals surface area contributed by atoms with Gasteiger partial charge in [0, 0.05) is 11.1 Å². The molecule has 6 nitrogen and oxygen atoms in total. The van der Waals surface area contributed by atoms with Crippen molar-refractivity contribution in [1.82, 2.24) is 4.98 Å². The molecule has 0 aliphatic rings. The van der Waals surface area contributed by atoms with E-state index in [4.69, 9.17) is 14.3 Å². The first kappa shape index (κ1) is 21.6. The van der Waals surface area contributed by atoms with Gasteiger partial charge in [0.1, 0.15) is 23.1 Å². The van der Waals surface area contributed by atoms with E-state index in [1.54, 1.807) is 30.3 Å². The molecule has 162 valence electrons. The normalized spacial score (nSPS) is 12.1.